The maximum atomic E-state index is 11.5. The van der Waals surface area contributed by atoms with Crippen LogP contribution in [0.2, 0.25) is 0 Å². The average Bonchev–Trinajstić information content (AvgIpc) is 2.14. The predicted molar refractivity (Wildman–Crippen MR) is 60.3 cm³/mol. The number of hydrogen-bond donors (Lipinski definition) is 2. The first kappa shape index (κ1) is 14.3. The van der Waals surface area contributed by atoms with Crippen LogP contribution >= 0.6 is 0 Å². The third-order valence-corrected chi connectivity index (χ3v) is 2.53. The van der Waals surface area contributed by atoms with Crippen LogP contribution < -0.4 is 11.5 Å². The molecule has 0 aliphatic carbocycles. The highest BCUT2D eigenvalue weighted by Gasteiger charge is 2.24. The lowest BCUT2D eigenvalue weighted by Crippen LogP contribution is -2.41. The van der Waals surface area contributed by atoms with Crippen LogP contribution in [0.5, 0.6) is 0 Å². The third-order valence-electron chi connectivity index (χ3n) is 2.53. The first-order valence-electron chi connectivity index (χ1n) is 5.34. The zero-order valence-electron chi connectivity index (χ0n) is 9.99. The van der Waals surface area contributed by atoms with Crippen LogP contribution in [0.1, 0.15) is 34.1 Å². The van der Waals surface area contributed by atoms with E-state index in [0.717, 1.165) is 0 Å². The topological polar surface area (TPSA) is 86.2 Å². The second-order valence-electron chi connectivity index (χ2n) is 4.65. The summed E-state index contributed by atoms with van der Waals surface area (Å²) in [6, 6.07) is -1.12. The molecule has 0 amide bonds. The predicted octanol–water partition coefficient (Wildman–Crippen LogP) is 0.481. The van der Waals surface area contributed by atoms with Crippen molar-refractivity contribution in [3.63, 3.8) is 0 Å². The summed E-state index contributed by atoms with van der Waals surface area (Å²) in [5.41, 5.74) is 11.3. The van der Waals surface area contributed by atoms with Crippen LogP contribution in [0.3, 0.4) is 0 Å². The van der Waals surface area contributed by atoms with Crippen LogP contribution in [0.25, 0.3) is 0 Å². The quantitative estimate of drug-likeness (QED) is 0.630. The van der Waals surface area contributed by atoms with Crippen molar-refractivity contribution in [2.45, 2.75) is 46.2 Å². The number of rotatable bonds is 6. The number of carbonyl (C=O) groups excluding carboxylic acids is 2. The van der Waals surface area contributed by atoms with Gasteiger partial charge in [0, 0.05) is 0 Å². The van der Waals surface area contributed by atoms with E-state index in [4.69, 9.17) is 11.5 Å². The summed E-state index contributed by atoms with van der Waals surface area (Å²) in [7, 11) is 0. The van der Waals surface area contributed by atoms with Crippen LogP contribution in [0, 0.1) is 11.8 Å². The van der Waals surface area contributed by atoms with Crippen LogP contribution in [-0.4, -0.2) is 23.7 Å². The lowest BCUT2D eigenvalue weighted by molar-refractivity contribution is -0.129. The highest BCUT2D eigenvalue weighted by atomic mass is 16.2. The Labute approximate surface area is 91.4 Å². The maximum absolute atomic E-state index is 11.5. The van der Waals surface area contributed by atoms with E-state index in [2.05, 4.69) is 0 Å². The van der Waals surface area contributed by atoms with E-state index in [-0.39, 0.29) is 29.8 Å². The normalized spacial score (nSPS) is 15.5. The molecule has 0 fully saturated rings. The SMILES string of the molecule is CC(C)[C@H](N)C(=O)CC(=O)[C@@H](N)C(C)C. The summed E-state index contributed by atoms with van der Waals surface area (Å²) < 4.78 is 0. The molecule has 4 heteroatoms. The van der Waals surface area contributed by atoms with Crippen molar-refractivity contribution in [2.24, 2.45) is 23.3 Å². The first-order valence-corrected chi connectivity index (χ1v) is 5.34. The van der Waals surface area contributed by atoms with E-state index in [1.807, 2.05) is 27.7 Å². The van der Waals surface area contributed by atoms with Gasteiger partial charge in [-0.1, -0.05) is 27.7 Å². The average molecular weight is 214 g/mol. The number of Topliss-reactive ketones (excluding diaryl/α,β-unsaturated/α-hetero) is 2. The molecule has 4 nitrogen and oxygen atoms in total. The lowest BCUT2D eigenvalue weighted by Gasteiger charge is -2.17. The van der Waals surface area contributed by atoms with Crippen molar-refractivity contribution >= 4 is 11.6 Å². The van der Waals surface area contributed by atoms with E-state index >= 15 is 0 Å². The van der Waals surface area contributed by atoms with Crippen LogP contribution in [0.15, 0.2) is 0 Å². The van der Waals surface area contributed by atoms with Gasteiger partial charge in [-0.05, 0) is 11.8 Å². The van der Waals surface area contributed by atoms with Crippen molar-refractivity contribution < 1.29 is 9.59 Å². The molecule has 0 rings (SSSR count). The fraction of sp³-hybridized carbons (Fsp3) is 0.818. The molecule has 0 aromatic rings. The first-order chi connectivity index (χ1) is 6.77. The summed E-state index contributed by atoms with van der Waals surface area (Å²) in [5, 5.41) is 0. The molecule has 4 N–H and O–H groups in total. The molecule has 0 saturated heterocycles. The van der Waals surface area contributed by atoms with Crippen molar-refractivity contribution in [3.05, 3.63) is 0 Å². The number of hydrogen-bond acceptors (Lipinski definition) is 4. The summed E-state index contributed by atoms with van der Waals surface area (Å²) >= 11 is 0. The fourth-order valence-electron chi connectivity index (χ4n) is 1.15. The van der Waals surface area contributed by atoms with E-state index in [1.54, 1.807) is 0 Å². The molecular weight excluding hydrogens is 192 g/mol. The Kier molecular flexibility index (Phi) is 5.68. The van der Waals surface area contributed by atoms with Gasteiger partial charge in [0.25, 0.3) is 0 Å². The molecule has 15 heavy (non-hydrogen) atoms. The molecule has 0 aromatic carbocycles. The van der Waals surface area contributed by atoms with Crippen LogP contribution in [-0.2, 0) is 9.59 Å². The molecule has 0 unspecified atom stereocenters. The van der Waals surface area contributed by atoms with Crippen molar-refractivity contribution in [3.8, 4) is 0 Å². The van der Waals surface area contributed by atoms with Gasteiger partial charge in [-0.2, -0.15) is 0 Å². The Bertz CT molecular complexity index is 213. The second-order valence-corrected chi connectivity index (χ2v) is 4.65. The van der Waals surface area contributed by atoms with E-state index in [9.17, 15) is 9.59 Å². The minimum Gasteiger partial charge on any atom is -0.321 e. The standard InChI is InChI=1S/C11H22N2O2/c1-6(2)10(12)8(14)5-9(15)11(13)7(3)4/h6-7,10-11H,5,12-13H2,1-4H3/t10-,11-/m0/s1. The largest absolute Gasteiger partial charge is 0.321 e. The molecule has 0 bridgehead atoms. The zero-order valence-corrected chi connectivity index (χ0v) is 9.99. The Morgan fingerprint density at radius 2 is 1.13 bits per heavy atom. The maximum Gasteiger partial charge on any atom is 0.157 e. The van der Waals surface area contributed by atoms with E-state index in [1.165, 1.54) is 0 Å². The monoisotopic (exact) mass is 214 g/mol. The summed E-state index contributed by atoms with van der Waals surface area (Å²) in [4.78, 5) is 23.0. The molecule has 0 spiro atoms. The summed E-state index contributed by atoms with van der Waals surface area (Å²) in [6.45, 7) is 7.43. The van der Waals surface area contributed by atoms with Gasteiger partial charge < -0.3 is 11.5 Å². The summed E-state index contributed by atoms with van der Waals surface area (Å²) in [6.07, 6.45) is -0.140. The zero-order chi connectivity index (χ0) is 12.2. The van der Waals surface area contributed by atoms with Gasteiger partial charge in [0.15, 0.2) is 11.6 Å². The number of carbonyl (C=O) groups is 2. The molecule has 0 saturated carbocycles. The minimum absolute atomic E-state index is 0.0561. The van der Waals surface area contributed by atoms with Crippen molar-refractivity contribution in [1.82, 2.24) is 0 Å². The molecule has 0 heterocycles. The lowest BCUT2D eigenvalue weighted by atomic mass is 9.93. The molecule has 2 atom stereocenters. The van der Waals surface area contributed by atoms with Gasteiger partial charge in [0.2, 0.25) is 0 Å². The minimum atomic E-state index is -0.562. The third kappa shape index (κ3) is 4.53. The highest BCUT2D eigenvalue weighted by Crippen LogP contribution is 2.06. The smallest absolute Gasteiger partial charge is 0.157 e. The van der Waals surface area contributed by atoms with Gasteiger partial charge in [-0.25, -0.2) is 0 Å². The highest BCUT2D eigenvalue weighted by molar-refractivity contribution is 6.03. The number of ketones is 2. The Morgan fingerprint density at radius 3 is 1.33 bits per heavy atom. The second kappa shape index (κ2) is 5.98. The molecule has 0 aromatic heterocycles. The molecule has 0 radical (unpaired) electrons. The van der Waals surface area contributed by atoms with Gasteiger partial charge in [0.1, 0.15) is 0 Å². The van der Waals surface area contributed by atoms with Crippen molar-refractivity contribution in [1.29, 1.82) is 0 Å². The van der Waals surface area contributed by atoms with Gasteiger partial charge in [0.05, 0.1) is 18.5 Å². The molecule has 0 aliphatic heterocycles. The summed E-state index contributed by atoms with van der Waals surface area (Å²) in [5.74, 6) is -0.321. The van der Waals surface area contributed by atoms with Gasteiger partial charge in [-0.3, -0.25) is 9.59 Å². The molecule has 0 aliphatic rings. The Morgan fingerprint density at radius 1 is 0.867 bits per heavy atom. The molecular formula is C11H22N2O2. The van der Waals surface area contributed by atoms with Crippen LogP contribution in [0.4, 0.5) is 0 Å². The fourth-order valence-corrected chi connectivity index (χ4v) is 1.15. The van der Waals surface area contributed by atoms with Gasteiger partial charge >= 0.3 is 0 Å². The van der Waals surface area contributed by atoms with Gasteiger partial charge in [-0.15, -0.1) is 0 Å². The van der Waals surface area contributed by atoms with E-state index < -0.39 is 12.1 Å². The Balaban J connectivity index is 4.25. The Hall–Kier alpha value is -0.740. The van der Waals surface area contributed by atoms with Crippen molar-refractivity contribution in [2.75, 3.05) is 0 Å². The van der Waals surface area contributed by atoms with E-state index in [0.29, 0.717) is 0 Å². The molecule has 88 valence electrons. The number of nitrogens with two attached hydrogens (primary N) is 2.